The van der Waals surface area contributed by atoms with Crippen molar-refractivity contribution in [2.75, 3.05) is 25.0 Å². The molecule has 4 aromatic heterocycles. The van der Waals surface area contributed by atoms with Crippen LogP contribution in [0.15, 0.2) is 36.8 Å². The highest BCUT2D eigenvalue weighted by atomic mass is 16.3. The monoisotopic (exact) mass is 457 g/mol. The number of nitrogens with zero attached hydrogens (tertiary/aromatic N) is 6. The van der Waals surface area contributed by atoms with E-state index >= 15 is 0 Å². The van der Waals surface area contributed by atoms with Crippen molar-refractivity contribution < 1.29 is 5.11 Å². The Morgan fingerprint density at radius 3 is 2.79 bits per heavy atom. The lowest BCUT2D eigenvalue weighted by molar-refractivity contribution is 0.173. The fourth-order valence-corrected chi connectivity index (χ4v) is 5.77. The van der Waals surface area contributed by atoms with E-state index in [4.69, 9.17) is 9.97 Å². The van der Waals surface area contributed by atoms with E-state index in [-0.39, 0.29) is 6.61 Å². The molecule has 1 aliphatic carbocycles. The number of aliphatic hydroxyl groups excluding tert-OH is 1. The van der Waals surface area contributed by atoms with Crippen LogP contribution in [0.25, 0.3) is 21.9 Å². The lowest BCUT2D eigenvalue weighted by Crippen LogP contribution is -2.35. The third-order valence-corrected chi connectivity index (χ3v) is 7.35. The van der Waals surface area contributed by atoms with E-state index in [1.54, 1.807) is 0 Å². The van der Waals surface area contributed by atoms with Crippen molar-refractivity contribution >= 4 is 33.7 Å². The van der Waals surface area contributed by atoms with E-state index < -0.39 is 0 Å². The minimum absolute atomic E-state index is 0.183. The predicted molar refractivity (Wildman–Crippen MR) is 133 cm³/mol. The number of anilines is 2. The number of hydrogen-bond donors (Lipinski definition) is 2. The minimum Gasteiger partial charge on any atom is -0.395 e. The number of nitrogens with one attached hydrogen (secondary N) is 1. The zero-order valence-electron chi connectivity index (χ0n) is 19.6. The Hall–Kier alpha value is -3.10. The van der Waals surface area contributed by atoms with Crippen LogP contribution in [0.2, 0.25) is 0 Å². The Morgan fingerprint density at radius 2 is 1.94 bits per heavy atom. The molecule has 34 heavy (non-hydrogen) atoms. The van der Waals surface area contributed by atoms with Crippen molar-refractivity contribution in [1.82, 2.24) is 29.4 Å². The summed E-state index contributed by atoms with van der Waals surface area (Å²) in [5, 5.41) is 14.9. The smallest absolute Gasteiger partial charge is 0.230 e. The minimum atomic E-state index is 0.183. The van der Waals surface area contributed by atoms with Gasteiger partial charge in [-0.2, -0.15) is 4.98 Å². The summed E-state index contributed by atoms with van der Waals surface area (Å²) in [5.74, 6) is 1.64. The van der Waals surface area contributed by atoms with Crippen LogP contribution in [-0.4, -0.2) is 54.2 Å². The van der Waals surface area contributed by atoms with Crippen molar-refractivity contribution in [2.24, 2.45) is 0 Å². The van der Waals surface area contributed by atoms with Gasteiger partial charge < -0.3 is 15.0 Å². The van der Waals surface area contributed by atoms with Crippen LogP contribution in [-0.2, 0) is 6.54 Å². The van der Waals surface area contributed by atoms with Gasteiger partial charge in [-0.3, -0.25) is 9.88 Å². The summed E-state index contributed by atoms with van der Waals surface area (Å²) in [6.07, 6.45) is 11.9. The first-order valence-corrected chi connectivity index (χ1v) is 12.4. The van der Waals surface area contributed by atoms with Gasteiger partial charge in [0.25, 0.3) is 0 Å². The number of β-amino-alcohol motifs (C(OH)–C–C–N with tert-alkyl or cyclic N) is 1. The second-order valence-electron chi connectivity index (χ2n) is 9.71. The molecule has 1 aliphatic heterocycles. The van der Waals surface area contributed by atoms with Gasteiger partial charge in [0.05, 0.1) is 24.0 Å². The molecule has 8 nitrogen and oxygen atoms in total. The zero-order chi connectivity index (χ0) is 23.1. The van der Waals surface area contributed by atoms with Crippen LogP contribution in [0.3, 0.4) is 0 Å². The first kappa shape index (κ1) is 21.4. The van der Waals surface area contributed by atoms with Gasteiger partial charge in [-0.05, 0) is 30.5 Å². The van der Waals surface area contributed by atoms with Gasteiger partial charge in [0, 0.05) is 54.8 Å². The molecule has 0 amide bonds. The molecule has 2 aliphatic rings. The number of hydrogen-bond acceptors (Lipinski definition) is 7. The van der Waals surface area contributed by atoms with Gasteiger partial charge in [-0.1, -0.05) is 32.3 Å². The van der Waals surface area contributed by atoms with Gasteiger partial charge >= 0.3 is 0 Å². The van der Waals surface area contributed by atoms with E-state index in [9.17, 15) is 5.11 Å². The van der Waals surface area contributed by atoms with Gasteiger partial charge in [-0.15, -0.1) is 0 Å². The summed E-state index contributed by atoms with van der Waals surface area (Å²) in [5.41, 5.74) is 4.45. The number of aliphatic hydroxyl groups is 1. The Morgan fingerprint density at radius 1 is 1.06 bits per heavy atom. The highest BCUT2D eigenvalue weighted by Gasteiger charge is 2.24. The van der Waals surface area contributed by atoms with Crippen molar-refractivity contribution in [3.63, 3.8) is 0 Å². The van der Waals surface area contributed by atoms with E-state index in [0.717, 1.165) is 46.5 Å². The summed E-state index contributed by atoms with van der Waals surface area (Å²) in [4.78, 5) is 21.2. The standard InChI is InChI=1S/C26H31N7O/c1-17-15-32(11-12-34)16-18-7-8-23(29-24(17)18)30-26-28-13-21-20-9-10-27-14-22(20)33(25(21)31-26)19-5-3-2-4-6-19/h7-10,13-14,17,19,34H,2-6,11-12,15-16H2,1H3,(H,28,29,30,31). The predicted octanol–water partition coefficient (Wildman–Crippen LogP) is 4.53. The molecule has 1 fully saturated rings. The molecule has 0 aromatic carbocycles. The SMILES string of the molecule is CC1CN(CCO)Cc2ccc(Nc3ncc4c5ccncc5n(C5CCCCC5)c4n3)nc21. The number of aromatic nitrogens is 5. The highest BCUT2D eigenvalue weighted by Crippen LogP contribution is 2.37. The third-order valence-electron chi connectivity index (χ3n) is 7.35. The molecule has 1 unspecified atom stereocenters. The lowest BCUT2D eigenvalue weighted by atomic mass is 9.95. The molecule has 6 rings (SSSR count). The molecule has 8 heteroatoms. The topological polar surface area (TPSA) is 92.0 Å². The second kappa shape index (κ2) is 8.92. The Balaban J connectivity index is 1.35. The van der Waals surface area contributed by atoms with E-state index in [1.807, 2.05) is 24.7 Å². The summed E-state index contributed by atoms with van der Waals surface area (Å²) < 4.78 is 2.39. The molecule has 0 saturated heterocycles. The third kappa shape index (κ3) is 3.80. The maximum atomic E-state index is 9.30. The molecule has 1 atom stereocenters. The molecule has 5 heterocycles. The van der Waals surface area contributed by atoms with Crippen molar-refractivity contribution in [3.05, 3.63) is 48.0 Å². The molecule has 4 aromatic rings. The normalized spacial score (nSPS) is 19.5. The lowest BCUT2D eigenvalue weighted by Gasteiger charge is -2.32. The van der Waals surface area contributed by atoms with Gasteiger partial charge in [0.1, 0.15) is 11.5 Å². The Bertz CT molecular complexity index is 1330. The average Bonchev–Trinajstić information content (AvgIpc) is 3.19. The van der Waals surface area contributed by atoms with Crippen molar-refractivity contribution in [3.8, 4) is 0 Å². The van der Waals surface area contributed by atoms with Crippen LogP contribution in [0.1, 0.15) is 62.2 Å². The summed E-state index contributed by atoms with van der Waals surface area (Å²) in [7, 11) is 0. The summed E-state index contributed by atoms with van der Waals surface area (Å²) in [6, 6.07) is 6.65. The molecular formula is C26H31N7O. The molecule has 0 bridgehead atoms. The largest absolute Gasteiger partial charge is 0.395 e. The van der Waals surface area contributed by atoms with Crippen LogP contribution >= 0.6 is 0 Å². The van der Waals surface area contributed by atoms with E-state index in [1.165, 1.54) is 37.7 Å². The fraction of sp³-hybridized carbons (Fsp3) is 0.462. The van der Waals surface area contributed by atoms with Gasteiger partial charge in [0.15, 0.2) is 0 Å². The Kier molecular flexibility index (Phi) is 5.63. The molecule has 0 spiro atoms. The average molecular weight is 458 g/mol. The molecule has 2 N–H and O–H groups in total. The molecule has 1 saturated carbocycles. The van der Waals surface area contributed by atoms with E-state index in [2.05, 4.69) is 43.8 Å². The van der Waals surface area contributed by atoms with Crippen LogP contribution in [0, 0.1) is 0 Å². The number of rotatable bonds is 5. The molecule has 0 radical (unpaired) electrons. The van der Waals surface area contributed by atoms with Crippen LogP contribution in [0.5, 0.6) is 0 Å². The zero-order valence-corrected chi connectivity index (χ0v) is 19.6. The van der Waals surface area contributed by atoms with Gasteiger partial charge in [0.2, 0.25) is 5.95 Å². The van der Waals surface area contributed by atoms with Crippen molar-refractivity contribution in [1.29, 1.82) is 0 Å². The van der Waals surface area contributed by atoms with Crippen LogP contribution in [0.4, 0.5) is 11.8 Å². The molecular weight excluding hydrogens is 426 g/mol. The summed E-state index contributed by atoms with van der Waals surface area (Å²) in [6.45, 7) is 4.80. The summed E-state index contributed by atoms with van der Waals surface area (Å²) >= 11 is 0. The maximum Gasteiger partial charge on any atom is 0.230 e. The first-order chi connectivity index (χ1) is 16.7. The van der Waals surface area contributed by atoms with Crippen molar-refractivity contribution in [2.45, 2.75) is 57.5 Å². The van der Waals surface area contributed by atoms with E-state index in [0.29, 0.717) is 24.5 Å². The maximum absolute atomic E-state index is 9.30. The number of pyridine rings is 2. The Labute approximate surface area is 199 Å². The molecule has 176 valence electrons. The quantitative estimate of drug-likeness (QED) is 0.455. The highest BCUT2D eigenvalue weighted by molar-refractivity contribution is 6.06. The van der Waals surface area contributed by atoms with Gasteiger partial charge in [-0.25, -0.2) is 9.97 Å². The van der Waals surface area contributed by atoms with Crippen LogP contribution < -0.4 is 5.32 Å². The second-order valence-corrected chi connectivity index (χ2v) is 9.71. The number of fused-ring (bicyclic) bond motifs is 4. The fourth-order valence-electron chi connectivity index (χ4n) is 5.77. The first-order valence-electron chi connectivity index (χ1n) is 12.4.